The summed E-state index contributed by atoms with van der Waals surface area (Å²) in [6.45, 7) is 3.67. The minimum atomic E-state index is -0.600. The van der Waals surface area contributed by atoms with Gasteiger partial charge < -0.3 is 20.3 Å². The van der Waals surface area contributed by atoms with Gasteiger partial charge in [0.15, 0.2) is 0 Å². The number of nitrogens with zero attached hydrogens (tertiary/aromatic N) is 1. The summed E-state index contributed by atoms with van der Waals surface area (Å²) in [5.74, 6) is -0.765. The predicted octanol–water partition coefficient (Wildman–Crippen LogP) is 4.84. The van der Waals surface area contributed by atoms with E-state index >= 15 is 0 Å². The molecule has 176 valence electrons. The van der Waals surface area contributed by atoms with Gasteiger partial charge in [0.2, 0.25) is 5.91 Å². The number of carbonyl (C=O) groups is 3. The van der Waals surface area contributed by atoms with Gasteiger partial charge in [0.05, 0.1) is 25.6 Å². The van der Waals surface area contributed by atoms with Crippen molar-refractivity contribution in [3.05, 3.63) is 96.1 Å². The monoisotopic (exact) mass is 459 g/mol. The molecule has 0 aliphatic heterocycles. The Balaban J connectivity index is 1.82. The molecule has 1 unspecified atom stereocenters. The van der Waals surface area contributed by atoms with Crippen LogP contribution < -0.4 is 15.5 Å². The van der Waals surface area contributed by atoms with Crippen molar-refractivity contribution in [1.82, 2.24) is 5.32 Å². The van der Waals surface area contributed by atoms with E-state index in [4.69, 9.17) is 4.74 Å². The van der Waals surface area contributed by atoms with Crippen LogP contribution in [0.25, 0.3) is 0 Å². The van der Waals surface area contributed by atoms with Gasteiger partial charge in [-0.05, 0) is 49.2 Å². The average molecular weight is 460 g/mol. The van der Waals surface area contributed by atoms with Crippen LogP contribution in [-0.4, -0.2) is 31.1 Å². The Morgan fingerprint density at radius 1 is 0.912 bits per heavy atom. The molecule has 0 radical (unpaired) electrons. The molecule has 0 spiro atoms. The fraction of sp³-hybridized carbons (Fsp3) is 0.222. The highest BCUT2D eigenvalue weighted by Crippen LogP contribution is 2.30. The zero-order valence-electron chi connectivity index (χ0n) is 19.4. The van der Waals surface area contributed by atoms with E-state index in [9.17, 15) is 14.4 Å². The summed E-state index contributed by atoms with van der Waals surface area (Å²) in [7, 11) is 0. The number of hydrogen-bond donors (Lipinski definition) is 2. The highest BCUT2D eigenvalue weighted by Gasteiger charge is 2.29. The zero-order chi connectivity index (χ0) is 24.3. The summed E-state index contributed by atoms with van der Waals surface area (Å²) in [4.78, 5) is 39.8. The van der Waals surface area contributed by atoms with Crippen molar-refractivity contribution >= 4 is 29.3 Å². The van der Waals surface area contributed by atoms with Crippen LogP contribution in [-0.2, 0) is 14.3 Å². The number of amides is 3. The molecular weight excluding hydrogens is 430 g/mol. The van der Waals surface area contributed by atoms with Crippen molar-refractivity contribution in [2.24, 2.45) is 0 Å². The van der Waals surface area contributed by atoms with E-state index in [2.05, 4.69) is 10.6 Å². The SMILES string of the molecule is CCOC(=O)CC(c1ccccc1)N(C(=O)CNC(=O)Nc1cccc(C)c1)c1ccccc1. The molecule has 2 N–H and O–H groups in total. The van der Waals surface area contributed by atoms with Gasteiger partial charge in [-0.15, -0.1) is 0 Å². The first-order valence-corrected chi connectivity index (χ1v) is 11.2. The number of para-hydroxylation sites is 1. The molecule has 0 fully saturated rings. The maximum atomic E-state index is 13.4. The topological polar surface area (TPSA) is 87.7 Å². The molecular formula is C27H29N3O4. The number of urea groups is 1. The molecule has 7 nitrogen and oxygen atoms in total. The van der Waals surface area contributed by atoms with E-state index in [1.54, 1.807) is 30.0 Å². The summed E-state index contributed by atoms with van der Waals surface area (Å²) in [6.07, 6.45) is -0.0199. The summed E-state index contributed by atoms with van der Waals surface area (Å²) in [6, 6.07) is 24.7. The van der Waals surface area contributed by atoms with Gasteiger partial charge >= 0.3 is 12.0 Å². The first kappa shape index (κ1) is 24.5. The second-order valence-electron chi connectivity index (χ2n) is 7.71. The van der Waals surface area contributed by atoms with Crippen molar-refractivity contribution in [1.29, 1.82) is 0 Å². The van der Waals surface area contributed by atoms with Crippen LogP contribution in [0.3, 0.4) is 0 Å². The third kappa shape index (κ3) is 6.93. The van der Waals surface area contributed by atoms with Gasteiger partial charge in [-0.25, -0.2) is 4.79 Å². The lowest BCUT2D eigenvalue weighted by Crippen LogP contribution is -2.44. The van der Waals surface area contributed by atoms with E-state index in [0.29, 0.717) is 11.4 Å². The molecule has 3 aromatic carbocycles. The third-order valence-corrected chi connectivity index (χ3v) is 5.14. The van der Waals surface area contributed by atoms with Crippen LogP contribution >= 0.6 is 0 Å². The second-order valence-corrected chi connectivity index (χ2v) is 7.71. The predicted molar refractivity (Wildman–Crippen MR) is 133 cm³/mol. The van der Waals surface area contributed by atoms with Crippen molar-refractivity contribution in [3.8, 4) is 0 Å². The molecule has 3 amide bonds. The number of carbonyl (C=O) groups excluding carboxylic acids is 3. The van der Waals surface area contributed by atoms with Crippen molar-refractivity contribution < 1.29 is 19.1 Å². The molecule has 34 heavy (non-hydrogen) atoms. The lowest BCUT2D eigenvalue weighted by molar-refractivity contribution is -0.143. The fourth-order valence-corrected chi connectivity index (χ4v) is 3.64. The summed E-state index contributed by atoms with van der Waals surface area (Å²) in [5, 5.41) is 5.36. The quantitative estimate of drug-likeness (QED) is 0.448. The van der Waals surface area contributed by atoms with Gasteiger partial charge in [-0.1, -0.05) is 60.7 Å². The van der Waals surface area contributed by atoms with Crippen molar-refractivity contribution in [2.75, 3.05) is 23.4 Å². The maximum absolute atomic E-state index is 13.4. The molecule has 0 heterocycles. The number of anilines is 2. The maximum Gasteiger partial charge on any atom is 0.319 e. The minimum absolute atomic E-state index is 0.0199. The Hall–Kier alpha value is -4.13. The fourth-order valence-electron chi connectivity index (χ4n) is 3.64. The molecule has 7 heteroatoms. The molecule has 0 aliphatic carbocycles. The molecule has 3 rings (SSSR count). The Bertz CT molecular complexity index is 1100. The Morgan fingerprint density at radius 2 is 1.59 bits per heavy atom. The molecule has 0 aliphatic rings. The first-order chi connectivity index (χ1) is 16.5. The van der Waals surface area contributed by atoms with E-state index in [1.165, 1.54) is 0 Å². The largest absolute Gasteiger partial charge is 0.466 e. The molecule has 3 aromatic rings. The Kier molecular flexibility index (Phi) is 8.80. The number of benzene rings is 3. The summed E-state index contributed by atoms with van der Waals surface area (Å²) < 4.78 is 5.18. The van der Waals surface area contributed by atoms with Crippen molar-refractivity contribution in [2.45, 2.75) is 26.3 Å². The van der Waals surface area contributed by atoms with E-state index < -0.39 is 18.0 Å². The van der Waals surface area contributed by atoms with E-state index in [1.807, 2.05) is 73.7 Å². The number of aryl methyl sites for hydroxylation is 1. The van der Waals surface area contributed by atoms with Crippen LogP contribution in [0, 0.1) is 6.92 Å². The second kappa shape index (κ2) is 12.2. The normalized spacial score (nSPS) is 11.2. The number of esters is 1. The van der Waals surface area contributed by atoms with Crippen LogP contribution in [0.4, 0.5) is 16.2 Å². The van der Waals surface area contributed by atoms with E-state index in [-0.39, 0.29) is 25.5 Å². The van der Waals surface area contributed by atoms with Gasteiger partial charge in [-0.3, -0.25) is 9.59 Å². The summed E-state index contributed by atoms with van der Waals surface area (Å²) >= 11 is 0. The van der Waals surface area contributed by atoms with Gasteiger partial charge in [0.25, 0.3) is 0 Å². The van der Waals surface area contributed by atoms with Crippen molar-refractivity contribution in [3.63, 3.8) is 0 Å². The van der Waals surface area contributed by atoms with Gasteiger partial charge in [0.1, 0.15) is 0 Å². The number of hydrogen-bond acceptors (Lipinski definition) is 4. The highest BCUT2D eigenvalue weighted by molar-refractivity contribution is 5.99. The van der Waals surface area contributed by atoms with Gasteiger partial charge in [0, 0.05) is 11.4 Å². The third-order valence-electron chi connectivity index (χ3n) is 5.14. The van der Waals surface area contributed by atoms with Gasteiger partial charge in [-0.2, -0.15) is 0 Å². The Labute approximate surface area is 199 Å². The summed E-state index contributed by atoms with van der Waals surface area (Å²) in [5.41, 5.74) is 3.05. The number of rotatable bonds is 9. The minimum Gasteiger partial charge on any atom is -0.466 e. The lowest BCUT2D eigenvalue weighted by atomic mass is 10.0. The molecule has 0 saturated heterocycles. The molecule has 0 aromatic heterocycles. The highest BCUT2D eigenvalue weighted by atomic mass is 16.5. The molecule has 0 bridgehead atoms. The van der Waals surface area contributed by atoms with Crippen LogP contribution in [0.5, 0.6) is 0 Å². The number of ether oxygens (including phenoxy) is 1. The average Bonchev–Trinajstić information content (AvgIpc) is 2.84. The standard InChI is InChI=1S/C27H29N3O4/c1-3-34-26(32)18-24(21-12-6-4-7-13-21)30(23-15-8-5-9-16-23)25(31)19-28-27(33)29-22-14-10-11-20(2)17-22/h4-17,24H,3,18-19H2,1-2H3,(H2,28,29,33). The molecule has 1 atom stereocenters. The lowest BCUT2D eigenvalue weighted by Gasteiger charge is -2.32. The molecule has 0 saturated carbocycles. The van der Waals surface area contributed by atoms with Crippen LogP contribution in [0.15, 0.2) is 84.9 Å². The van der Waals surface area contributed by atoms with E-state index in [0.717, 1.165) is 11.1 Å². The van der Waals surface area contributed by atoms with Crippen LogP contribution in [0.2, 0.25) is 0 Å². The smallest absolute Gasteiger partial charge is 0.319 e. The zero-order valence-corrected chi connectivity index (χ0v) is 19.4. The Morgan fingerprint density at radius 3 is 2.24 bits per heavy atom. The number of nitrogens with one attached hydrogen (secondary N) is 2. The first-order valence-electron chi connectivity index (χ1n) is 11.2. The van der Waals surface area contributed by atoms with Crippen LogP contribution in [0.1, 0.15) is 30.5 Å².